The average Bonchev–Trinajstić information content (AvgIpc) is 3.60. The van der Waals surface area contributed by atoms with Gasteiger partial charge in [-0.2, -0.15) is 0 Å². The number of hydrogen-bond acceptors (Lipinski definition) is 5. The van der Waals surface area contributed by atoms with Crippen LogP contribution < -0.4 is 19.6 Å². The fourth-order valence-corrected chi connectivity index (χ4v) is 7.39. The lowest BCUT2D eigenvalue weighted by Crippen LogP contribution is -2.38. The van der Waals surface area contributed by atoms with E-state index in [0.29, 0.717) is 21.9 Å². The van der Waals surface area contributed by atoms with Crippen molar-refractivity contribution in [3.05, 3.63) is 148 Å². The number of halogens is 1. The van der Waals surface area contributed by atoms with Crippen LogP contribution in [0.15, 0.2) is 106 Å². The first-order chi connectivity index (χ1) is 19.2. The van der Waals surface area contributed by atoms with E-state index in [0.717, 1.165) is 39.3 Å². The Balaban J connectivity index is 1.35. The SMILES string of the molecule is O=c1c(=Cc2ccccc2OCc2ccccc2Cl)sc2n1C(c1cccs1)C1=C(N=2)c2ccccc2CC1. The lowest BCUT2D eigenvalue weighted by molar-refractivity contribution is 0.305. The molecule has 192 valence electrons. The number of para-hydroxylation sites is 1. The van der Waals surface area contributed by atoms with Crippen LogP contribution in [-0.2, 0) is 13.0 Å². The number of thiophene rings is 1. The summed E-state index contributed by atoms with van der Waals surface area (Å²) in [6, 6.07) is 28.0. The Morgan fingerprint density at radius 1 is 0.974 bits per heavy atom. The van der Waals surface area contributed by atoms with Gasteiger partial charge >= 0.3 is 0 Å². The van der Waals surface area contributed by atoms with Crippen molar-refractivity contribution in [2.75, 3.05) is 0 Å². The molecule has 5 aromatic rings. The minimum Gasteiger partial charge on any atom is -0.488 e. The van der Waals surface area contributed by atoms with Crippen molar-refractivity contribution in [2.45, 2.75) is 25.5 Å². The summed E-state index contributed by atoms with van der Waals surface area (Å²) in [4.78, 5) is 21.0. The van der Waals surface area contributed by atoms with Crippen LogP contribution in [0.25, 0.3) is 11.8 Å². The molecule has 7 rings (SSSR count). The second-order valence-electron chi connectivity index (χ2n) is 9.55. The quantitative estimate of drug-likeness (QED) is 0.240. The molecule has 0 amide bonds. The van der Waals surface area contributed by atoms with Crippen LogP contribution in [0.4, 0.5) is 0 Å². The summed E-state index contributed by atoms with van der Waals surface area (Å²) in [6.45, 7) is 0.344. The molecular weight excluding hydrogens is 544 g/mol. The van der Waals surface area contributed by atoms with Crippen LogP contribution in [0.3, 0.4) is 0 Å². The topological polar surface area (TPSA) is 43.6 Å². The van der Waals surface area contributed by atoms with Gasteiger partial charge in [-0.05, 0) is 53.6 Å². The second-order valence-corrected chi connectivity index (χ2v) is 11.9. The minimum atomic E-state index is -0.140. The van der Waals surface area contributed by atoms with Crippen molar-refractivity contribution < 1.29 is 4.74 Å². The molecule has 3 heterocycles. The highest BCUT2D eigenvalue weighted by Gasteiger charge is 2.33. The van der Waals surface area contributed by atoms with Gasteiger partial charge in [0.2, 0.25) is 0 Å². The number of benzene rings is 3. The first kappa shape index (κ1) is 24.3. The van der Waals surface area contributed by atoms with Gasteiger partial charge in [0.05, 0.1) is 16.3 Å². The van der Waals surface area contributed by atoms with Crippen molar-refractivity contribution in [2.24, 2.45) is 4.99 Å². The molecule has 2 aromatic heterocycles. The molecule has 0 saturated heterocycles. The molecular formula is C32H23ClN2O2S2. The van der Waals surface area contributed by atoms with E-state index in [-0.39, 0.29) is 11.6 Å². The van der Waals surface area contributed by atoms with Crippen LogP contribution >= 0.6 is 34.3 Å². The Morgan fingerprint density at radius 3 is 2.67 bits per heavy atom. The number of allylic oxidation sites excluding steroid dienone is 1. The molecule has 0 radical (unpaired) electrons. The monoisotopic (exact) mass is 566 g/mol. The van der Waals surface area contributed by atoms with E-state index < -0.39 is 0 Å². The Kier molecular flexibility index (Phi) is 6.31. The van der Waals surface area contributed by atoms with Crippen LogP contribution in [0, 0.1) is 0 Å². The van der Waals surface area contributed by atoms with Gasteiger partial charge in [-0.25, -0.2) is 4.99 Å². The van der Waals surface area contributed by atoms with Gasteiger partial charge in [0, 0.05) is 26.6 Å². The molecule has 0 fully saturated rings. The largest absolute Gasteiger partial charge is 0.488 e. The van der Waals surface area contributed by atoms with E-state index in [9.17, 15) is 4.79 Å². The van der Waals surface area contributed by atoms with Gasteiger partial charge in [0.1, 0.15) is 12.4 Å². The molecule has 0 bridgehead atoms. The lowest BCUT2D eigenvalue weighted by atomic mass is 9.85. The summed E-state index contributed by atoms with van der Waals surface area (Å²) in [5.74, 6) is 0.700. The zero-order chi connectivity index (χ0) is 26.3. The highest BCUT2D eigenvalue weighted by atomic mass is 35.5. The van der Waals surface area contributed by atoms with E-state index in [1.54, 1.807) is 11.3 Å². The first-order valence-corrected chi connectivity index (χ1v) is 14.9. The number of hydrogen-bond donors (Lipinski definition) is 0. The summed E-state index contributed by atoms with van der Waals surface area (Å²) >= 11 is 9.46. The number of fused-ring (bicyclic) bond motifs is 3. The van der Waals surface area contributed by atoms with E-state index in [1.165, 1.54) is 28.0 Å². The molecule has 1 atom stereocenters. The van der Waals surface area contributed by atoms with Crippen molar-refractivity contribution in [1.29, 1.82) is 0 Å². The summed E-state index contributed by atoms with van der Waals surface area (Å²) in [5, 5.41) is 2.75. The van der Waals surface area contributed by atoms with Gasteiger partial charge in [0.15, 0.2) is 4.80 Å². The normalized spacial score (nSPS) is 16.3. The van der Waals surface area contributed by atoms with Crippen molar-refractivity contribution in [1.82, 2.24) is 4.57 Å². The van der Waals surface area contributed by atoms with Crippen molar-refractivity contribution >= 4 is 46.0 Å². The van der Waals surface area contributed by atoms with Crippen LogP contribution in [-0.4, -0.2) is 4.57 Å². The zero-order valence-corrected chi connectivity index (χ0v) is 23.2. The summed E-state index contributed by atoms with van der Waals surface area (Å²) < 4.78 is 8.69. The standard InChI is InChI=1S/C32H23ClN2O2S2/c33-25-12-5-2-10-22(25)19-37-26-13-6-3-9-21(26)18-28-31(36)35-30(27-14-7-17-38-27)24-16-15-20-8-1-4-11-23(20)29(24)34-32(35)39-28/h1-14,17-18,30H,15-16,19H2. The maximum Gasteiger partial charge on any atom is 0.271 e. The smallest absolute Gasteiger partial charge is 0.271 e. The molecule has 0 spiro atoms. The fourth-order valence-electron chi connectivity index (χ4n) is 5.36. The average molecular weight is 567 g/mol. The molecule has 0 N–H and O–H groups in total. The van der Waals surface area contributed by atoms with Gasteiger partial charge < -0.3 is 4.74 Å². The van der Waals surface area contributed by atoms with Crippen LogP contribution in [0.1, 0.15) is 39.6 Å². The molecule has 3 aromatic carbocycles. The molecule has 0 saturated carbocycles. The Bertz CT molecular complexity index is 1920. The molecule has 1 unspecified atom stereocenters. The summed E-state index contributed by atoms with van der Waals surface area (Å²) in [6.07, 6.45) is 3.77. The third-order valence-corrected chi connectivity index (χ3v) is 9.51. The third-order valence-electron chi connectivity index (χ3n) is 7.23. The fraction of sp³-hybridized carbons (Fsp3) is 0.125. The number of aromatic nitrogens is 1. The molecule has 1 aliphatic carbocycles. The zero-order valence-electron chi connectivity index (χ0n) is 20.8. The number of thiazole rings is 1. The highest BCUT2D eigenvalue weighted by Crippen LogP contribution is 2.42. The maximum absolute atomic E-state index is 14.0. The van der Waals surface area contributed by atoms with Gasteiger partial charge in [-0.15, -0.1) is 11.3 Å². The molecule has 7 heteroatoms. The third kappa shape index (κ3) is 4.39. The maximum atomic E-state index is 14.0. The van der Waals surface area contributed by atoms with Gasteiger partial charge in [-0.1, -0.05) is 89.7 Å². The minimum absolute atomic E-state index is 0.0246. The Hall–Kier alpha value is -3.71. The van der Waals surface area contributed by atoms with E-state index >= 15 is 0 Å². The van der Waals surface area contributed by atoms with Gasteiger partial charge in [-0.3, -0.25) is 9.36 Å². The number of ether oxygens (including phenoxy) is 1. The number of aryl methyl sites for hydroxylation is 1. The highest BCUT2D eigenvalue weighted by molar-refractivity contribution is 7.10. The van der Waals surface area contributed by atoms with Crippen molar-refractivity contribution in [3.63, 3.8) is 0 Å². The van der Waals surface area contributed by atoms with Crippen LogP contribution in [0.5, 0.6) is 5.75 Å². The van der Waals surface area contributed by atoms with Crippen LogP contribution in [0.2, 0.25) is 5.02 Å². The Labute approximate surface area is 238 Å². The lowest BCUT2D eigenvalue weighted by Gasteiger charge is -2.30. The predicted octanol–water partition coefficient (Wildman–Crippen LogP) is 6.61. The molecule has 39 heavy (non-hydrogen) atoms. The van der Waals surface area contributed by atoms with Gasteiger partial charge in [0.25, 0.3) is 5.56 Å². The van der Waals surface area contributed by atoms with Crippen molar-refractivity contribution in [3.8, 4) is 5.75 Å². The summed E-state index contributed by atoms with van der Waals surface area (Å²) in [5.41, 5.74) is 6.46. The second kappa shape index (κ2) is 10.1. The molecule has 1 aliphatic heterocycles. The Morgan fingerprint density at radius 2 is 1.79 bits per heavy atom. The van der Waals surface area contributed by atoms with E-state index in [4.69, 9.17) is 21.3 Å². The predicted molar refractivity (Wildman–Crippen MR) is 159 cm³/mol. The number of nitrogens with zero attached hydrogens (tertiary/aromatic N) is 2. The number of rotatable bonds is 5. The van der Waals surface area contributed by atoms with E-state index in [2.05, 4.69) is 41.8 Å². The first-order valence-electron chi connectivity index (χ1n) is 12.8. The summed E-state index contributed by atoms with van der Waals surface area (Å²) in [7, 11) is 0. The van der Waals surface area contributed by atoms with E-state index in [1.807, 2.05) is 59.2 Å². The molecule has 2 aliphatic rings. The molecule has 4 nitrogen and oxygen atoms in total.